The van der Waals surface area contributed by atoms with Gasteiger partial charge in [0, 0.05) is 31.6 Å². The molecule has 0 unspecified atom stereocenters. The SMILES string of the molecule is CCN(CC)C(=O)CCCC(=O)Nc1ccc(OC)c(N)c1.Cl. The highest BCUT2D eigenvalue weighted by Gasteiger charge is 2.11. The number of nitrogens with one attached hydrogen (secondary N) is 1. The zero-order chi connectivity index (χ0) is 16.5. The van der Waals surface area contributed by atoms with Crippen molar-refractivity contribution in [3.8, 4) is 5.75 Å². The highest BCUT2D eigenvalue weighted by molar-refractivity contribution is 5.91. The van der Waals surface area contributed by atoms with Crippen LogP contribution in [0.2, 0.25) is 0 Å². The molecule has 0 bridgehead atoms. The minimum Gasteiger partial charge on any atom is -0.495 e. The summed E-state index contributed by atoms with van der Waals surface area (Å²) in [7, 11) is 1.54. The van der Waals surface area contributed by atoms with Crippen LogP contribution in [0.1, 0.15) is 33.1 Å². The Balaban J connectivity index is 0.00000484. The molecule has 130 valence electrons. The summed E-state index contributed by atoms with van der Waals surface area (Å²) in [6.45, 7) is 5.30. The molecule has 0 spiro atoms. The van der Waals surface area contributed by atoms with Gasteiger partial charge in [-0.1, -0.05) is 0 Å². The van der Waals surface area contributed by atoms with Gasteiger partial charge in [-0.3, -0.25) is 9.59 Å². The molecule has 0 fully saturated rings. The van der Waals surface area contributed by atoms with Crippen LogP contribution in [0.25, 0.3) is 0 Å². The van der Waals surface area contributed by atoms with Gasteiger partial charge in [0.2, 0.25) is 11.8 Å². The highest BCUT2D eigenvalue weighted by Crippen LogP contribution is 2.24. The van der Waals surface area contributed by atoms with E-state index in [2.05, 4.69) is 5.32 Å². The molecule has 7 heteroatoms. The lowest BCUT2D eigenvalue weighted by Crippen LogP contribution is -2.30. The molecule has 0 aromatic heterocycles. The first kappa shape index (κ1) is 21.0. The fourth-order valence-electron chi connectivity index (χ4n) is 2.17. The van der Waals surface area contributed by atoms with E-state index in [9.17, 15) is 9.59 Å². The third-order valence-electron chi connectivity index (χ3n) is 3.42. The molecule has 0 atom stereocenters. The van der Waals surface area contributed by atoms with E-state index in [4.69, 9.17) is 10.5 Å². The van der Waals surface area contributed by atoms with Gasteiger partial charge in [-0.05, 0) is 38.5 Å². The second-order valence-electron chi connectivity index (χ2n) is 4.92. The summed E-state index contributed by atoms with van der Waals surface area (Å²) in [4.78, 5) is 25.5. The molecular weight excluding hydrogens is 318 g/mol. The number of halogens is 1. The van der Waals surface area contributed by atoms with Gasteiger partial charge in [0.1, 0.15) is 5.75 Å². The van der Waals surface area contributed by atoms with Crippen molar-refractivity contribution in [2.45, 2.75) is 33.1 Å². The van der Waals surface area contributed by atoms with Crippen molar-refractivity contribution in [3.05, 3.63) is 18.2 Å². The van der Waals surface area contributed by atoms with Crippen molar-refractivity contribution < 1.29 is 14.3 Å². The topological polar surface area (TPSA) is 84.7 Å². The maximum Gasteiger partial charge on any atom is 0.224 e. The van der Waals surface area contributed by atoms with E-state index in [1.807, 2.05) is 13.8 Å². The minimum atomic E-state index is -0.128. The molecule has 0 heterocycles. The summed E-state index contributed by atoms with van der Waals surface area (Å²) in [6.07, 6.45) is 1.23. The van der Waals surface area contributed by atoms with Gasteiger partial charge in [-0.2, -0.15) is 0 Å². The number of methoxy groups -OCH3 is 1. The van der Waals surface area contributed by atoms with Crippen LogP contribution in [0.4, 0.5) is 11.4 Å². The first-order valence-electron chi connectivity index (χ1n) is 7.52. The number of rotatable bonds is 8. The summed E-state index contributed by atoms with van der Waals surface area (Å²) in [5.41, 5.74) is 6.88. The number of hydrogen-bond acceptors (Lipinski definition) is 4. The Morgan fingerprint density at radius 2 is 1.87 bits per heavy atom. The fraction of sp³-hybridized carbons (Fsp3) is 0.500. The van der Waals surface area contributed by atoms with Crippen LogP contribution in [-0.4, -0.2) is 36.9 Å². The standard InChI is InChI=1S/C16H25N3O3.ClH/c1-4-19(5-2)16(21)8-6-7-15(20)18-12-9-10-14(22-3)13(17)11-12;/h9-11H,4-8,17H2,1-3H3,(H,18,20);1H. The van der Waals surface area contributed by atoms with Gasteiger partial charge >= 0.3 is 0 Å². The molecule has 0 saturated carbocycles. The van der Waals surface area contributed by atoms with Crippen LogP contribution in [0.15, 0.2) is 18.2 Å². The molecule has 0 aliphatic carbocycles. The first-order chi connectivity index (χ1) is 10.5. The van der Waals surface area contributed by atoms with Gasteiger partial charge in [0.05, 0.1) is 12.8 Å². The summed E-state index contributed by atoms with van der Waals surface area (Å²) in [5, 5.41) is 2.77. The Morgan fingerprint density at radius 3 is 2.39 bits per heavy atom. The second kappa shape index (κ2) is 10.7. The molecule has 0 aliphatic rings. The molecule has 0 aliphatic heterocycles. The Labute approximate surface area is 143 Å². The Hall–Kier alpha value is -1.95. The van der Waals surface area contributed by atoms with Crippen LogP contribution >= 0.6 is 12.4 Å². The van der Waals surface area contributed by atoms with Crippen molar-refractivity contribution >= 4 is 35.6 Å². The average Bonchev–Trinajstić information content (AvgIpc) is 2.48. The molecule has 0 radical (unpaired) electrons. The van der Waals surface area contributed by atoms with Crippen molar-refractivity contribution in [1.82, 2.24) is 4.90 Å². The molecule has 1 aromatic rings. The first-order valence-corrected chi connectivity index (χ1v) is 7.52. The largest absolute Gasteiger partial charge is 0.495 e. The van der Waals surface area contributed by atoms with Crippen LogP contribution < -0.4 is 15.8 Å². The van der Waals surface area contributed by atoms with Crippen molar-refractivity contribution in [3.63, 3.8) is 0 Å². The molecule has 3 N–H and O–H groups in total. The van der Waals surface area contributed by atoms with E-state index in [1.54, 1.807) is 23.1 Å². The highest BCUT2D eigenvalue weighted by atomic mass is 35.5. The van der Waals surface area contributed by atoms with Gasteiger partial charge in [-0.25, -0.2) is 0 Å². The third kappa shape index (κ3) is 6.78. The quantitative estimate of drug-likeness (QED) is 0.711. The van der Waals surface area contributed by atoms with Crippen LogP contribution in [0, 0.1) is 0 Å². The Bertz CT molecular complexity index is 519. The lowest BCUT2D eigenvalue weighted by Gasteiger charge is -2.18. The molecule has 23 heavy (non-hydrogen) atoms. The summed E-state index contributed by atoms with van der Waals surface area (Å²) >= 11 is 0. The van der Waals surface area contributed by atoms with Gasteiger partial charge in [-0.15, -0.1) is 12.4 Å². The van der Waals surface area contributed by atoms with Crippen molar-refractivity contribution in [1.29, 1.82) is 0 Å². The van der Waals surface area contributed by atoms with Crippen LogP contribution in [0.3, 0.4) is 0 Å². The van der Waals surface area contributed by atoms with Crippen molar-refractivity contribution in [2.24, 2.45) is 0 Å². The van der Waals surface area contributed by atoms with E-state index in [-0.39, 0.29) is 24.2 Å². The maximum absolute atomic E-state index is 11.9. The Morgan fingerprint density at radius 1 is 1.22 bits per heavy atom. The number of benzene rings is 1. The van der Waals surface area contributed by atoms with Crippen LogP contribution in [-0.2, 0) is 9.59 Å². The predicted molar refractivity (Wildman–Crippen MR) is 95.1 cm³/mol. The van der Waals surface area contributed by atoms with Gasteiger partial charge < -0.3 is 20.7 Å². The van der Waals surface area contributed by atoms with E-state index >= 15 is 0 Å². The number of ether oxygens (including phenoxy) is 1. The molecule has 1 aromatic carbocycles. The number of nitrogens with two attached hydrogens (primary N) is 1. The number of carbonyl (C=O) groups excluding carboxylic acids is 2. The molecule has 1 rings (SSSR count). The third-order valence-corrected chi connectivity index (χ3v) is 3.42. The number of amides is 2. The zero-order valence-electron chi connectivity index (χ0n) is 13.9. The smallest absolute Gasteiger partial charge is 0.224 e. The van der Waals surface area contributed by atoms with Gasteiger partial charge in [0.15, 0.2) is 0 Å². The van der Waals surface area contributed by atoms with E-state index < -0.39 is 0 Å². The zero-order valence-corrected chi connectivity index (χ0v) is 14.7. The monoisotopic (exact) mass is 343 g/mol. The Kier molecular flexibility index (Phi) is 9.81. The van der Waals surface area contributed by atoms with E-state index in [1.165, 1.54) is 7.11 Å². The lowest BCUT2D eigenvalue weighted by atomic mass is 10.2. The molecule has 6 nitrogen and oxygen atoms in total. The normalized spacial score (nSPS) is 9.70. The summed E-state index contributed by atoms with van der Waals surface area (Å²) in [6, 6.07) is 5.08. The maximum atomic E-state index is 11.9. The number of nitrogen functional groups attached to an aromatic ring is 1. The number of hydrogen-bond donors (Lipinski definition) is 2. The van der Waals surface area contributed by atoms with E-state index in [0.29, 0.717) is 49.5 Å². The second-order valence-corrected chi connectivity index (χ2v) is 4.92. The summed E-state index contributed by atoms with van der Waals surface area (Å²) in [5.74, 6) is 0.534. The van der Waals surface area contributed by atoms with Gasteiger partial charge in [0.25, 0.3) is 0 Å². The molecular formula is C16H26ClN3O3. The lowest BCUT2D eigenvalue weighted by molar-refractivity contribution is -0.130. The molecule has 0 saturated heterocycles. The number of carbonyl (C=O) groups is 2. The average molecular weight is 344 g/mol. The van der Waals surface area contributed by atoms with E-state index in [0.717, 1.165) is 0 Å². The summed E-state index contributed by atoms with van der Waals surface area (Å²) < 4.78 is 5.06. The van der Waals surface area contributed by atoms with Crippen molar-refractivity contribution in [2.75, 3.05) is 31.2 Å². The minimum absolute atomic E-state index is 0. The number of nitrogens with zero attached hydrogens (tertiary/aromatic N) is 1. The fourth-order valence-corrected chi connectivity index (χ4v) is 2.17. The predicted octanol–water partition coefficient (Wildman–Crippen LogP) is 2.68. The molecule has 2 amide bonds. The number of anilines is 2. The van der Waals surface area contributed by atoms with Crippen LogP contribution in [0.5, 0.6) is 5.75 Å².